The van der Waals surface area contributed by atoms with E-state index in [9.17, 15) is 0 Å². The number of allylic oxidation sites excluding steroid dienone is 1. The van der Waals surface area contributed by atoms with Gasteiger partial charge in [-0.15, -0.1) is 0 Å². The summed E-state index contributed by atoms with van der Waals surface area (Å²) in [4.78, 5) is 0. The number of fused-ring (bicyclic) bond motifs is 1. The van der Waals surface area contributed by atoms with E-state index < -0.39 is 0 Å². The van der Waals surface area contributed by atoms with E-state index in [1.165, 1.54) is 60.8 Å². The Kier molecular flexibility index (Phi) is 3.71. The summed E-state index contributed by atoms with van der Waals surface area (Å²) in [5, 5.41) is 0. The standard InChI is InChI=1S/C28H32/c1-18(2)24-13-23-4-3-5-26(27(23)14-24)22-6-8-25(9-7-22)28-15-19-10-20(16-28)12-21(11-19)17-28/h3-9,14,18-21H,10-13,15-17H2,1-2H3. The first-order valence-electron chi connectivity index (χ1n) is 11.5. The maximum Gasteiger partial charge on any atom is -0.00391 e. The van der Waals surface area contributed by atoms with Crippen LogP contribution in [0.25, 0.3) is 17.2 Å². The average molecular weight is 369 g/mol. The summed E-state index contributed by atoms with van der Waals surface area (Å²) in [7, 11) is 0. The molecule has 0 nitrogen and oxygen atoms in total. The highest BCUT2D eigenvalue weighted by Crippen LogP contribution is 2.60. The van der Waals surface area contributed by atoms with Crippen molar-refractivity contribution >= 4 is 6.08 Å². The van der Waals surface area contributed by atoms with Crippen molar-refractivity contribution in [2.75, 3.05) is 0 Å². The smallest absolute Gasteiger partial charge is 0.00391 e. The SMILES string of the molecule is CC(C)C1=Cc2c(cccc2-c2ccc(C34CC5CC(CC(C5)C3)C4)cc2)C1. The van der Waals surface area contributed by atoms with Gasteiger partial charge >= 0.3 is 0 Å². The second-order valence-electron chi connectivity index (χ2n) is 10.7. The summed E-state index contributed by atoms with van der Waals surface area (Å²) < 4.78 is 0. The van der Waals surface area contributed by atoms with Crippen LogP contribution < -0.4 is 0 Å². The Hall–Kier alpha value is -1.82. The minimum atomic E-state index is 0.511. The summed E-state index contributed by atoms with van der Waals surface area (Å²) in [6.45, 7) is 4.63. The molecule has 0 spiro atoms. The fourth-order valence-corrected chi connectivity index (χ4v) is 7.48. The molecule has 2 aromatic carbocycles. The Morgan fingerprint density at radius 3 is 2.07 bits per heavy atom. The van der Waals surface area contributed by atoms with Crippen LogP contribution in [-0.4, -0.2) is 0 Å². The van der Waals surface area contributed by atoms with Crippen LogP contribution in [0.5, 0.6) is 0 Å². The predicted molar refractivity (Wildman–Crippen MR) is 118 cm³/mol. The topological polar surface area (TPSA) is 0 Å². The average Bonchev–Trinajstić information content (AvgIpc) is 3.12. The van der Waals surface area contributed by atoms with Crippen molar-refractivity contribution in [3.05, 3.63) is 64.7 Å². The molecule has 0 unspecified atom stereocenters. The number of benzene rings is 2. The highest BCUT2D eigenvalue weighted by atomic mass is 14.6. The first kappa shape index (κ1) is 17.1. The second-order valence-corrected chi connectivity index (χ2v) is 10.7. The quantitative estimate of drug-likeness (QED) is 0.529. The van der Waals surface area contributed by atoms with Crippen molar-refractivity contribution in [1.29, 1.82) is 0 Å². The Balaban J connectivity index is 1.35. The number of rotatable bonds is 3. The summed E-state index contributed by atoms with van der Waals surface area (Å²) in [5.74, 6) is 3.69. The number of hydrogen-bond donors (Lipinski definition) is 0. The minimum Gasteiger partial charge on any atom is -0.0626 e. The van der Waals surface area contributed by atoms with Crippen molar-refractivity contribution in [3.8, 4) is 11.1 Å². The lowest BCUT2D eigenvalue weighted by Crippen LogP contribution is -2.48. The molecule has 0 aromatic heterocycles. The Morgan fingerprint density at radius 1 is 0.821 bits per heavy atom. The van der Waals surface area contributed by atoms with Crippen molar-refractivity contribution in [1.82, 2.24) is 0 Å². The van der Waals surface area contributed by atoms with Gasteiger partial charge in [0.25, 0.3) is 0 Å². The molecule has 0 amide bonds. The van der Waals surface area contributed by atoms with E-state index in [1.807, 2.05) is 0 Å². The van der Waals surface area contributed by atoms with Gasteiger partial charge in [0.15, 0.2) is 0 Å². The van der Waals surface area contributed by atoms with Gasteiger partial charge in [-0.05, 0) is 102 Å². The summed E-state index contributed by atoms with van der Waals surface area (Å²) in [6.07, 6.45) is 12.5. The third kappa shape index (κ3) is 2.56. The predicted octanol–water partition coefficient (Wildman–Crippen LogP) is 7.42. The van der Waals surface area contributed by atoms with Crippen LogP contribution in [-0.2, 0) is 11.8 Å². The number of hydrogen-bond acceptors (Lipinski definition) is 0. The first-order valence-corrected chi connectivity index (χ1v) is 11.5. The zero-order valence-electron chi connectivity index (χ0n) is 17.4. The van der Waals surface area contributed by atoms with Gasteiger partial charge in [0.1, 0.15) is 0 Å². The molecule has 5 aliphatic rings. The van der Waals surface area contributed by atoms with Gasteiger partial charge in [0.05, 0.1) is 0 Å². The van der Waals surface area contributed by atoms with Crippen LogP contribution in [0.3, 0.4) is 0 Å². The van der Waals surface area contributed by atoms with Gasteiger partial charge in [0.2, 0.25) is 0 Å². The van der Waals surface area contributed by atoms with E-state index in [4.69, 9.17) is 0 Å². The Labute approximate surface area is 170 Å². The van der Waals surface area contributed by atoms with Gasteiger partial charge in [-0.1, -0.05) is 68.0 Å². The molecule has 0 heteroatoms. The Bertz CT molecular complexity index is 905. The molecule has 28 heavy (non-hydrogen) atoms. The lowest BCUT2D eigenvalue weighted by molar-refractivity contribution is -0.00518. The van der Waals surface area contributed by atoms with Crippen LogP contribution >= 0.6 is 0 Å². The highest BCUT2D eigenvalue weighted by molar-refractivity contribution is 5.81. The molecule has 4 saturated carbocycles. The zero-order chi connectivity index (χ0) is 18.9. The van der Waals surface area contributed by atoms with Crippen molar-refractivity contribution in [2.45, 2.75) is 64.2 Å². The summed E-state index contributed by atoms with van der Waals surface area (Å²) in [5.41, 5.74) is 9.52. The molecule has 2 aromatic rings. The van der Waals surface area contributed by atoms with E-state index >= 15 is 0 Å². The van der Waals surface area contributed by atoms with Crippen molar-refractivity contribution in [2.24, 2.45) is 23.7 Å². The summed E-state index contributed by atoms with van der Waals surface area (Å²) >= 11 is 0. The fourth-order valence-electron chi connectivity index (χ4n) is 7.48. The largest absolute Gasteiger partial charge is 0.0626 e. The van der Waals surface area contributed by atoms with Gasteiger partial charge in [-0.2, -0.15) is 0 Å². The van der Waals surface area contributed by atoms with E-state index in [0.717, 1.165) is 24.2 Å². The molecule has 4 fully saturated rings. The fraction of sp³-hybridized carbons (Fsp3) is 0.500. The van der Waals surface area contributed by atoms with E-state index in [2.05, 4.69) is 62.4 Å². The van der Waals surface area contributed by atoms with Gasteiger partial charge in [-0.3, -0.25) is 0 Å². The molecule has 7 rings (SSSR count). The molecule has 0 saturated heterocycles. The first-order chi connectivity index (χ1) is 13.6. The molecule has 0 radical (unpaired) electrons. The molecule has 0 N–H and O–H groups in total. The molecule has 4 bridgehead atoms. The minimum absolute atomic E-state index is 0.511. The lowest BCUT2D eigenvalue weighted by Gasteiger charge is -2.57. The Morgan fingerprint density at radius 2 is 1.46 bits per heavy atom. The maximum atomic E-state index is 2.49. The van der Waals surface area contributed by atoms with Crippen molar-refractivity contribution < 1.29 is 0 Å². The molecule has 144 valence electrons. The van der Waals surface area contributed by atoms with Crippen LogP contribution in [0.4, 0.5) is 0 Å². The van der Waals surface area contributed by atoms with Gasteiger partial charge in [-0.25, -0.2) is 0 Å². The lowest BCUT2D eigenvalue weighted by atomic mass is 9.48. The van der Waals surface area contributed by atoms with Crippen LogP contribution in [0.15, 0.2) is 48.0 Å². The van der Waals surface area contributed by atoms with E-state index in [-0.39, 0.29) is 0 Å². The zero-order valence-corrected chi connectivity index (χ0v) is 17.4. The highest BCUT2D eigenvalue weighted by Gasteiger charge is 2.51. The molecule has 0 aliphatic heterocycles. The van der Waals surface area contributed by atoms with E-state index in [0.29, 0.717) is 11.3 Å². The normalized spacial score (nSPS) is 32.7. The second kappa shape index (κ2) is 6.09. The summed E-state index contributed by atoms with van der Waals surface area (Å²) in [6, 6.07) is 16.7. The molecular weight excluding hydrogens is 336 g/mol. The third-order valence-corrected chi connectivity index (χ3v) is 8.51. The van der Waals surface area contributed by atoms with Crippen LogP contribution in [0.1, 0.15) is 69.1 Å². The molecule has 0 atom stereocenters. The molecule has 0 heterocycles. The van der Waals surface area contributed by atoms with Crippen molar-refractivity contribution in [3.63, 3.8) is 0 Å². The third-order valence-electron chi connectivity index (χ3n) is 8.51. The van der Waals surface area contributed by atoms with Crippen LogP contribution in [0.2, 0.25) is 0 Å². The molecule has 5 aliphatic carbocycles. The maximum absolute atomic E-state index is 2.49. The van der Waals surface area contributed by atoms with Gasteiger partial charge in [0, 0.05) is 0 Å². The van der Waals surface area contributed by atoms with E-state index in [1.54, 1.807) is 11.1 Å². The molecular formula is C28H32. The van der Waals surface area contributed by atoms with Crippen LogP contribution in [0, 0.1) is 23.7 Å². The monoisotopic (exact) mass is 368 g/mol. The van der Waals surface area contributed by atoms with Gasteiger partial charge < -0.3 is 0 Å².